The van der Waals surface area contributed by atoms with Gasteiger partial charge < -0.3 is 19.7 Å². The minimum Gasteiger partial charge on any atom is -0.491 e. The summed E-state index contributed by atoms with van der Waals surface area (Å²) in [5, 5.41) is 13.9. The second-order valence-electron chi connectivity index (χ2n) is 7.89. The van der Waals surface area contributed by atoms with Crippen LogP contribution in [0.2, 0.25) is 0 Å². The SMILES string of the molecule is CSC(CNc1cc(-c2cnc3c(ccn3CCO)c2)ncn1)c1ccnc2c1OCCC2. The Morgan fingerprint density at radius 3 is 3.03 bits per heavy atom. The van der Waals surface area contributed by atoms with Crippen molar-refractivity contribution >= 4 is 28.6 Å². The number of ether oxygens (including phenoxy) is 1. The van der Waals surface area contributed by atoms with Crippen molar-refractivity contribution in [2.24, 2.45) is 0 Å². The van der Waals surface area contributed by atoms with E-state index in [2.05, 4.69) is 43.6 Å². The summed E-state index contributed by atoms with van der Waals surface area (Å²) in [5.74, 6) is 1.71. The average Bonchev–Trinajstić information content (AvgIpc) is 3.27. The summed E-state index contributed by atoms with van der Waals surface area (Å²) >= 11 is 1.78. The van der Waals surface area contributed by atoms with Gasteiger partial charge in [0.25, 0.3) is 0 Å². The van der Waals surface area contributed by atoms with Crippen molar-refractivity contribution in [3.63, 3.8) is 0 Å². The molecule has 8 nitrogen and oxygen atoms in total. The number of aliphatic hydroxyl groups excluding tert-OH is 1. The predicted molar refractivity (Wildman–Crippen MR) is 131 cm³/mol. The highest BCUT2D eigenvalue weighted by molar-refractivity contribution is 7.98. The minimum absolute atomic E-state index is 0.0830. The van der Waals surface area contributed by atoms with Crippen LogP contribution in [0.25, 0.3) is 22.3 Å². The molecule has 0 aromatic carbocycles. The Balaban J connectivity index is 1.34. The molecule has 4 aromatic heterocycles. The fraction of sp³-hybridized carbons (Fsp3) is 0.333. The number of aromatic nitrogens is 5. The van der Waals surface area contributed by atoms with Crippen LogP contribution in [-0.4, -0.2) is 55.6 Å². The van der Waals surface area contributed by atoms with Gasteiger partial charge in [0.05, 0.1) is 29.9 Å². The second-order valence-corrected chi connectivity index (χ2v) is 8.93. The van der Waals surface area contributed by atoms with Crippen molar-refractivity contribution in [3.05, 3.63) is 60.4 Å². The first-order chi connectivity index (χ1) is 16.3. The van der Waals surface area contributed by atoms with E-state index in [9.17, 15) is 5.11 Å². The maximum Gasteiger partial charge on any atom is 0.145 e. The molecule has 2 N–H and O–H groups in total. The molecule has 170 valence electrons. The highest BCUT2D eigenvalue weighted by atomic mass is 32.2. The van der Waals surface area contributed by atoms with Gasteiger partial charge in [0.2, 0.25) is 0 Å². The number of anilines is 1. The molecule has 0 saturated heterocycles. The van der Waals surface area contributed by atoms with Crippen LogP contribution >= 0.6 is 11.8 Å². The van der Waals surface area contributed by atoms with E-state index in [-0.39, 0.29) is 11.9 Å². The van der Waals surface area contributed by atoms with E-state index in [0.29, 0.717) is 13.1 Å². The molecule has 1 atom stereocenters. The van der Waals surface area contributed by atoms with Crippen LogP contribution in [0.4, 0.5) is 5.82 Å². The van der Waals surface area contributed by atoms with Crippen LogP contribution in [0, 0.1) is 0 Å². The van der Waals surface area contributed by atoms with Gasteiger partial charge >= 0.3 is 0 Å². The van der Waals surface area contributed by atoms with Crippen LogP contribution in [0.15, 0.2) is 49.2 Å². The summed E-state index contributed by atoms with van der Waals surface area (Å²) in [5.41, 5.74) is 4.81. The van der Waals surface area contributed by atoms with Crippen molar-refractivity contribution < 1.29 is 9.84 Å². The number of aliphatic hydroxyl groups is 1. The molecular formula is C24H26N6O2S. The Kier molecular flexibility index (Phi) is 6.41. The van der Waals surface area contributed by atoms with Crippen molar-refractivity contribution in [1.82, 2.24) is 24.5 Å². The van der Waals surface area contributed by atoms with Gasteiger partial charge in [-0.1, -0.05) is 0 Å². The molecule has 0 aliphatic carbocycles. The molecule has 9 heteroatoms. The Hall–Kier alpha value is -3.17. The first-order valence-corrected chi connectivity index (χ1v) is 12.3. The zero-order valence-electron chi connectivity index (χ0n) is 18.4. The molecule has 0 radical (unpaired) electrons. The zero-order chi connectivity index (χ0) is 22.6. The molecule has 33 heavy (non-hydrogen) atoms. The zero-order valence-corrected chi connectivity index (χ0v) is 19.3. The van der Waals surface area contributed by atoms with Crippen LogP contribution < -0.4 is 10.1 Å². The Morgan fingerprint density at radius 2 is 2.15 bits per heavy atom. The van der Waals surface area contributed by atoms with Crippen LogP contribution in [-0.2, 0) is 13.0 Å². The normalized spacial score (nSPS) is 14.0. The molecule has 5 rings (SSSR count). The molecule has 1 unspecified atom stereocenters. The third kappa shape index (κ3) is 4.51. The fourth-order valence-corrected chi connectivity index (χ4v) is 4.85. The number of nitrogens with zero attached hydrogens (tertiary/aromatic N) is 5. The largest absolute Gasteiger partial charge is 0.491 e. The number of thioether (sulfide) groups is 1. The van der Waals surface area contributed by atoms with Gasteiger partial charge in [-0.2, -0.15) is 11.8 Å². The lowest BCUT2D eigenvalue weighted by atomic mass is 10.1. The summed E-state index contributed by atoms with van der Waals surface area (Å²) < 4.78 is 7.91. The van der Waals surface area contributed by atoms with Crippen molar-refractivity contribution in [2.45, 2.75) is 24.6 Å². The molecule has 0 amide bonds. The monoisotopic (exact) mass is 462 g/mol. The van der Waals surface area contributed by atoms with E-state index in [1.807, 2.05) is 35.3 Å². The standard InChI is InChI=1S/C24H26N6O2S/c1-33-21(18-4-6-25-19-3-2-10-32-23(18)19)14-26-22-12-20(28-15-29-22)17-11-16-5-7-30(8-9-31)24(16)27-13-17/h4-7,11-13,15,21,31H,2-3,8-10,14H2,1H3,(H,26,28,29). The maximum atomic E-state index is 9.22. The molecule has 0 saturated carbocycles. The summed E-state index contributed by atoms with van der Waals surface area (Å²) in [7, 11) is 0. The Bertz CT molecular complexity index is 1260. The molecule has 0 bridgehead atoms. The van der Waals surface area contributed by atoms with Gasteiger partial charge in [0.1, 0.15) is 23.5 Å². The number of nitrogens with one attached hydrogen (secondary N) is 1. The lowest BCUT2D eigenvalue weighted by Gasteiger charge is -2.24. The summed E-state index contributed by atoms with van der Waals surface area (Å²) in [4.78, 5) is 17.9. The summed E-state index contributed by atoms with van der Waals surface area (Å²) in [6.45, 7) is 2.06. The molecule has 0 fully saturated rings. The van der Waals surface area contributed by atoms with E-state index < -0.39 is 0 Å². The van der Waals surface area contributed by atoms with Crippen molar-refractivity contribution in [2.75, 3.05) is 31.3 Å². The number of hydrogen-bond acceptors (Lipinski definition) is 8. The van der Waals surface area contributed by atoms with E-state index >= 15 is 0 Å². The Labute approximate surface area is 196 Å². The number of fused-ring (bicyclic) bond motifs is 2. The average molecular weight is 463 g/mol. The van der Waals surface area contributed by atoms with Gasteiger partial charge in [-0.3, -0.25) is 4.98 Å². The van der Waals surface area contributed by atoms with Crippen molar-refractivity contribution in [1.29, 1.82) is 0 Å². The lowest BCUT2D eigenvalue weighted by Crippen LogP contribution is -2.16. The second kappa shape index (κ2) is 9.76. The van der Waals surface area contributed by atoms with Gasteiger partial charge in [-0.05, 0) is 37.3 Å². The van der Waals surface area contributed by atoms with Gasteiger partial charge in [-0.15, -0.1) is 0 Å². The topological polar surface area (TPSA) is 98.0 Å². The smallest absolute Gasteiger partial charge is 0.145 e. The predicted octanol–water partition coefficient (Wildman–Crippen LogP) is 3.72. The molecule has 5 heterocycles. The van der Waals surface area contributed by atoms with Crippen LogP contribution in [0.1, 0.15) is 22.9 Å². The summed E-state index contributed by atoms with van der Waals surface area (Å²) in [6, 6.07) is 8.07. The van der Waals surface area contributed by atoms with E-state index in [1.54, 1.807) is 18.1 Å². The highest BCUT2D eigenvalue weighted by Gasteiger charge is 2.21. The maximum absolute atomic E-state index is 9.22. The molecule has 1 aliphatic heterocycles. The first kappa shape index (κ1) is 21.7. The van der Waals surface area contributed by atoms with Gasteiger partial charge in [0, 0.05) is 54.3 Å². The fourth-order valence-electron chi connectivity index (χ4n) is 4.16. The third-order valence-electron chi connectivity index (χ3n) is 5.82. The number of hydrogen-bond donors (Lipinski definition) is 2. The number of pyridine rings is 2. The van der Waals surface area contributed by atoms with E-state index in [0.717, 1.165) is 59.0 Å². The van der Waals surface area contributed by atoms with E-state index in [1.165, 1.54) is 5.56 Å². The van der Waals surface area contributed by atoms with Gasteiger partial charge in [-0.25, -0.2) is 15.0 Å². The molecule has 4 aromatic rings. The third-order valence-corrected chi connectivity index (χ3v) is 6.81. The lowest BCUT2D eigenvalue weighted by molar-refractivity contribution is 0.278. The van der Waals surface area contributed by atoms with Crippen LogP contribution in [0.3, 0.4) is 0 Å². The Morgan fingerprint density at radius 1 is 1.21 bits per heavy atom. The van der Waals surface area contributed by atoms with Crippen molar-refractivity contribution in [3.8, 4) is 17.0 Å². The van der Waals surface area contributed by atoms with Gasteiger partial charge in [0.15, 0.2) is 0 Å². The number of aryl methyl sites for hydroxylation is 1. The minimum atomic E-state index is 0.0830. The van der Waals surface area contributed by atoms with E-state index in [4.69, 9.17) is 4.74 Å². The molecule has 0 spiro atoms. The number of rotatable bonds is 8. The molecular weight excluding hydrogens is 436 g/mol. The quantitative estimate of drug-likeness (QED) is 0.409. The first-order valence-electron chi connectivity index (χ1n) is 11.0. The highest BCUT2D eigenvalue weighted by Crippen LogP contribution is 2.37. The summed E-state index contributed by atoms with van der Waals surface area (Å²) in [6.07, 6.45) is 11.3. The van der Waals surface area contributed by atoms with Crippen LogP contribution in [0.5, 0.6) is 5.75 Å². The molecule has 1 aliphatic rings.